The van der Waals surface area contributed by atoms with E-state index in [1.807, 2.05) is 51.1 Å². The topological polar surface area (TPSA) is 26.0 Å². The van der Waals surface area contributed by atoms with Gasteiger partial charge in [-0.25, -0.2) is 4.39 Å². The monoisotopic (exact) mass is 405 g/mol. The lowest BCUT2D eigenvalue weighted by Gasteiger charge is -2.18. The van der Waals surface area contributed by atoms with Crippen LogP contribution >= 0.6 is 23.2 Å². The summed E-state index contributed by atoms with van der Waals surface area (Å²) in [4.78, 5) is 0. The summed E-state index contributed by atoms with van der Waals surface area (Å²) in [5.74, 6) is -0.187. The van der Waals surface area contributed by atoms with Crippen LogP contribution < -0.4 is 5.73 Å². The van der Waals surface area contributed by atoms with Gasteiger partial charge in [0.15, 0.2) is 0 Å². The third-order valence-electron chi connectivity index (χ3n) is 4.63. The van der Waals surface area contributed by atoms with Crippen LogP contribution in [0.3, 0.4) is 0 Å². The molecule has 1 atom stereocenters. The highest BCUT2D eigenvalue weighted by atomic mass is 35.5. The van der Waals surface area contributed by atoms with E-state index in [1.54, 1.807) is 18.2 Å². The Kier molecular flexibility index (Phi) is 7.94. The van der Waals surface area contributed by atoms with Crippen LogP contribution in [0.2, 0.25) is 10.0 Å². The van der Waals surface area contributed by atoms with Crippen molar-refractivity contribution in [3.8, 4) is 0 Å². The number of nitrogen functional groups attached to an aromatic ring is 1. The van der Waals surface area contributed by atoms with E-state index in [0.29, 0.717) is 27.7 Å². The van der Waals surface area contributed by atoms with Gasteiger partial charge in [-0.15, -0.1) is 0 Å². The van der Waals surface area contributed by atoms with Crippen LogP contribution in [0, 0.1) is 5.82 Å². The Morgan fingerprint density at radius 1 is 1.07 bits per heavy atom. The van der Waals surface area contributed by atoms with Gasteiger partial charge in [0.2, 0.25) is 0 Å². The van der Waals surface area contributed by atoms with Crippen molar-refractivity contribution in [3.63, 3.8) is 0 Å². The molecule has 0 fully saturated rings. The maximum Gasteiger partial charge on any atom is 0.127 e. The van der Waals surface area contributed by atoms with Gasteiger partial charge in [-0.1, -0.05) is 68.3 Å². The molecule has 0 aliphatic heterocycles. The normalized spacial score (nSPS) is 15.4. The summed E-state index contributed by atoms with van der Waals surface area (Å²) in [6.45, 7) is 6.04. The first kappa shape index (κ1) is 21.5. The van der Waals surface area contributed by atoms with Gasteiger partial charge >= 0.3 is 0 Å². The molecule has 1 aliphatic rings. The average Bonchev–Trinajstić information content (AvgIpc) is 2.66. The number of hydrogen-bond donors (Lipinski definition) is 1. The molecule has 0 bridgehead atoms. The number of nitrogens with two attached hydrogens (primary N) is 1. The fourth-order valence-corrected chi connectivity index (χ4v) is 3.98. The summed E-state index contributed by atoms with van der Waals surface area (Å²) in [5, 5.41) is 1.21. The van der Waals surface area contributed by atoms with Gasteiger partial charge in [0.05, 0.1) is 0 Å². The first-order chi connectivity index (χ1) is 13.0. The summed E-state index contributed by atoms with van der Waals surface area (Å²) in [6, 6.07) is 6.93. The zero-order valence-electron chi connectivity index (χ0n) is 16.0. The molecule has 2 N–H and O–H groups in total. The minimum absolute atomic E-state index is 0.0353. The maximum absolute atomic E-state index is 14.7. The molecule has 0 saturated heterocycles. The van der Waals surface area contributed by atoms with Crippen LogP contribution in [0.5, 0.6) is 0 Å². The van der Waals surface area contributed by atoms with Crippen LogP contribution in [0.1, 0.15) is 55.4 Å². The van der Waals surface area contributed by atoms with E-state index in [1.165, 1.54) is 0 Å². The van der Waals surface area contributed by atoms with Crippen LogP contribution in [-0.4, -0.2) is 0 Å². The fourth-order valence-electron chi connectivity index (χ4n) is 3.31. The number of allylic oxidation sites excluding steroid dienone is 4. The molecule has 3 rings (SSSR count). The molecular formula is C23H26Cl2FN. The van der Waals surface area contributed by atoms with Gasteiger partial charge in [-0.2, -0.15) is 0 Å². The maximum atomic E-state index is 14.7. The first-order valence-corrected chi connectivity index (χ1v) is 10.1. The third-order valence-corrected chi connectivity index (χ3v) is 5.18. The lowest BCUT2D eigenvalue weighted by molar-refractivity contribution is 0.598. The molecule has 0 saturated carbocycles. The zero-order valence-corrected chi connectivity index (χ0v) is 17.5. The van der Waals surface area contributed by atoms with Crippen LogP contribution in [0.25, 0.3) is 0 Å². The quantitative estimate of drug-likeness (QED) is 0.523. The van der Waals surface area contributed by atoms with Gasteiger partial charge in [0.25, 0.3) is 0 Å². The molecule has 0 spiro atoms. The van der Waals surface area contributed by atoms with Crippen LogP contribution in [0.15, 0.2) is 48.6 Å². The summed E-state index contributed by atoms with van der Waals surface area (Å²) in [5.41, 5.74) is 10.2. The number of anilines is 1. The van der Waals surface area contributed by atoms with Gasteiger partial charge < -0.3 is 5.73 Å². The highest BCUT2D eigenvalue weighted by molar-refractivity contribution is 6.35. The molecule has 1 unspecified atom stereocenters. The number of benzene rings is 2. The SMILES string of the molecule is CC.CCc1c(Cl)cc(Cl)cc1Cc1cc(F)c(C2C=CC=CC2)cc1N. The predicted molar refractivity (Wildman–Crippen MR) is 116 cm³/mol. The number of halogens is 3. The summed E-state index contributed by atoms with van der Waals surface area (Å²) < 4.78 is 14.7. The molecule has 0 amide bonds. The average molecular weight is 406 g/mol. The lowest BCUT2D eigenvalue weighted by atomic mass is 9.89. The van der Waals surface area contributed by atoms with Crippen molar-refractivity contribution in [3.05, 3.63) is 86.7 Å². The van der Waals surface area contributed by atoms with Crippen molar-refractivity contribution in [2.45, 2.75) is 46.0 Å². The first-order valence-electron chi connectivity index (χ1n) is 9.37. The lowest BCUT2D eigenvalue weighted by Crippen LogP contribution is -2.05. The Hall–Kier alpha value is -1.77. The minimum Gasteiger partial charge on any atom is -0.398 e. The highest BCUT2D eigenvalue weighted by Gasteiger charge is 2.17. The molecular weight excluding hydrogens is 380 g/mol. The van der Waals surface area contributed by atoms with Crippen molar-refractivity contribution in [2.75, 3.05) is 5.73 Å². The van der Waals surface area contributed by atoms with Crippen LogP contribution in [0.4, 0.5) is 10.1 Å². The van der Waals surface area contributed by atoms with E-state index in [-0.39, 0.29) is 11.7 Å². The molecule has 1 nitrogen and oxygen atoms in total. The molecule has 1 aliphatic carbocycles. The van der Waals surface area contributed by atoms with Gasteiger partial charge in [-0.3, -0.25) is 0 Å². The van der Waals surface area contributed by atoms with Gasteiger partial charge in [0, 0.05) is 21.7 Å². The molecule has 2 aromatic rings. The van der Waals surface area contributed by atoms with Crippen molar-refractivity contribution in [1.82, 2.24) is 0 Å². The Morgan fingerprint density at radius 3 is 2.44 bits per heavy atom. The Labute approximate surface area is 171 Å². The van der Waals surface area contributed by atoms with Gasteiger partial charge in [-0.05, 0) is 65.8 Å². The number of rotatable bonds is 4. The van der Waals surface area contributed by atoms with Crippen molar-refractivity contribution in [1.29, 1.82) is 0 Å². The summed E-state index contributed by atoms with van der Waals surface area (Å²) in [6.07, 6.45) is 10.0. The van der Waals surface area contributed by atoms with E-state index >= 15 is 0 Å². The molecule has 0 heterocycles. The van der Waals surface area contributed by atoms with E-state index in [9.17, 15) is 4.39 Å². The molecule has 4 heteroatoms. The smallest absolute Gasteiger partial charge is 0.127 e. The molecule has 0 radical (unpaired) electrons. The highest BCUT2D eigenvalue weighted by Crippen LogP contribution is 2.33. The predicted octanol–water partition coefficient (Wildman–Crippen LogP) is 7.49. The molecule has 0 aromatic heterocycles. The summed E-state index contributed by atoms with van der Waals surface area (Å²) in [7, 11) is 0. The Balaban J connectivity index is 0.00000126. The van der Waals surface area contributed by atoms with Crippen molar-refractivity contribution >= 4 is 28.9 Å². The second-order valence-corrected chi connectivity index (χ2v) is 7.13. The standard InChI is InChI=1S/C21H20Cl2FN.C2H6/c1-2-17-14(9-16(22)11-19(17)23)8-15-10-20(24)18(12-21(15)25)13-6-4-3-5-7-13;1-2/h3-6,9-13H,2,7-8,25H2,1H3;1-2H3. The molecule has 2 aromatic carbocycles. The van der Waals surface area contributed by atoms with Crippen LogP contribution in [-0.2, 0) is 12.8 Å². The van der Waals surface area contributed by atoms with E-state index < -0.39 is 0 Å². The third kappa shape index (κ3) is 5.15. The minimum atomic E-state index is -0.222. The largest absolute Gasteiger partial charge is 0.398 e. The van der Waals surface area contributed by atoms with Crippen molar-refractivity contribution in [2.24, 2.45) is 0 Å². The second kappa shape index (κ2) is 9.96. The molecule has 144 valence electrons. The number of hydrogen-bond acceptors (Lipinski definition) is 1. The van der Waals surface area contributed by atoms with Gasteiger partial charge in [0.1, 0.15) is 5.82 Å². The Bertz CT molecular complexity index is 856. The fraction of sp³-hybridized carbons (Fsp3) is 0.304. The zero-order chi connectivity index (χ0) is 20.0. The molecule has 27 heavy (non-hydrogen) atoms. The van der Waals surface area contributed by atoms with E-state index in [0.717, 1.165) is 29.5 Å². The van der Waals surface area contributed by atoms with Crippen molar-refractivity contribution < 1.29 is 4.39 Å². The van der Waals surface area contributed by atoms with E-state index in [4.69, 9.17) is 28.9 Å². The van der Waals surface area contributed by atoms with E-state index in [2.05, 4.69) is 0 Å². The Morgan fingerprint density at radius 2 is 1.81 bits per heavy atom. The second-order valence-electron chi connectivity index (χ2n) is 6.28. The summed E-state index contributed by atoms with van der Waals surface area (Å²) >= 11 is 12.4.